The molecule has 0 aromatic heterocycles. The standard InChI is InChI=1S/C14H16O4/c1-4-14(2,3)13(16)17-10-5-6-11-9(7-10)8-12(15)18-11/h5-7H,4,8H2,1-3H3. The fourth-order valence-corrected chi connectivity index (χ4v) is 1.56. The Morgan fingerprint density at radius 1 is 1.44 bits per heavy atom. The zero-order valence-electron chi connectivity index (χ0n) is 10.8. The lowest BCUT2D eigenvalue weighted by Crippen LogP contribution is -2.28. The van der Waals surface area contributed by atoms with Gasteiger partial charge in [0.2, 0.25) is 0 Å². The summed E-state index contributed by atoms with van der Waals surface area (Å²) in [4.78, 5) is 23.0. The molecule has 4 nitrogen and oxygen atoms in total. The molecule has 0 N–H and O–H groups in total. The molecule has 0 bridgehead atoms. The molecule has 1 aliphatic rings. The van der Waals surface area contributed by atoms with Gasteiger partial charge in [0, 0.05) is 5.56 Å². The molecule has 4 heteroatoms. The molecule has 0 fully saturated rings. The first kappa shape index (κ1) is 12.6. The van der Waals surface area contributed by atoms with Crippen molar-refractivity contribution in [1.82, 2.24) is 0 Å². The van der Waals surface area contributed by atoms with E-state index in [-0.39, 0.29) is 18.4 Å². The maximum atomic E-state index is 11.9. The van der Waals surface area contributed by atoms with Crippen LogP contribution in [0.3, 0.4) is 0 Å². The van der Waals surface area contributed by atoms with Gasteiger partial charge in [0.05, 0.1) is 11.8 Å². The Labute approximate surface area is 106 Å². The number of ether oxygens (including phenoxy) is 2. The zero-order chi connectivity index (χ0) is 13.3. The Bertz CT molecular complexity index is 503. The second kappa shape index (κ2) is 4.44. The Kier molecular flexibility index (Phi) is 3.11. The summed E-state index contributed by atoms with van der Waals surface area (Å²) in [7, 11) is 0. The van der Waals surface area contributed by atoms with Crippen molar-refractivity contribution in [3.05, 3.63) is 23.8 Å². The molecule has 0 radical (unpaired) electrons. The normalized spacial score (nSPS) is 14.1. The first-order chi connectivity index (χ1) is 8.42. The molecule has 0 saturated carbocycles. The fraction of sp³-hybridized carbons (Fsp3) is 0.429. The van der Waals surface area contributed by atoms with E-state index in [1.807, 2.05) is 20.8 Å². The van der Waals surface area contributed by atoms with Gasteiger partial charge in [0.15, 0.2) is 0 Å². The summed E-state index contributed by atoms with van der Waals surface area (Å²) < 4.78 is 10.3. The Balaban J connectivity index is 2.15. The van der Waals surface area contributed by atoms with Crippen molar-refractivity contribution in [3.8, 4) is 11.5 Å². The predicted molar refractivity (Wildman–Crippen MR) is 65.5 cm³/mol. The first-order valence-corrected chi connectivity index (χ1v) is 5.98. The third kappa shape index (κ3) is 2.37. The van der Waals surface area contributed by atoms with E-state index in [9.17, 15) is 9.59 Å². The lowest BCUT2D eigenvalue weighted by atomic mass is 9.91. The van der Waals surface area contributed by atoms with Crippen LogP contribution < -0.4 is 9.47 Å². The molecule has 0 aliphatic carbocycles. The Morgan fingerprint density at radius 3 is 2.83 bits per heavy atom. The second-order valence-electron chi connectivity index (χ2n) is 5.05. The van der Waals surface area contributed by atoms with E-state index in [1.54, 1.807) is 18.2 Å². The predicted octanol–water partition coefficient (Wildman–Crippen LogP) is 2.49. The van der Waals surface area contributed by atoms with E-state index in [0.717, 1.165) is 5.56 Å². The van der Waals surface area contributed by atoms with Crippen molar-refractivity contribution >= 4 is 11.9 Å². The van der Waals surface area contributed by atoms with Gasteiger partial charge in [-0.1, -0.05) is 6.92 Å². The van der Waals surface area contributed by atoms with Crippen LogP contribution in [-0.4, -0.2) is 11.9 Å². The Hall–Kier alpha value is -1.84. The van der Waals surface area contributed by atoms with Gasteiger partial charge >= 0.3 is 11.9 Å². The van der Waals surface area contributed by atoms with E-state index >= 15 is 0 Å². The summed E-state index contributed by atoms with van der Waals surface area (Å²) in [5, 5.41) is 0. The minimum atomic E-state index is -0.509. The van der Waals surface area contributed by atoms with Gasteiger partial charge in [-0.25, -0.2) is 0 Å². The molecule has 0 atom stereocenters. The van der Waals surface area contributed by atoms with Crippen molar-refractivity contribution in [2.24, 2.45) is 5.41 Å². The molecule has 1 aromatic carbocycles. The van der Waals surface area contributed by atoms with Crippen molar-refractivity contribution in [1.29, 1.82) is 0 Å². The lowest BCUT2D eigenvalue weighted by Gasteiger charge is -2.20. The van der Waals surface area contributed by atoms with Crippen LogP contribution in [0, 0.1) is 5.41 Å². The lowest BCUT2D eigenvalue weighted by molar-refractivity contribution is -0.144. The van der Waals surface area contributed by atoms with Crippen LogP contribution in [0.2, 0.25) is 0 Å². The highest BCUT2D eigenvalue weighted by molar-refractivity contribution is 5.82. The fourth-order valence-electron chi connectivity index (χ4n) is 1.56. The van der Waals surface area contributed by atoms with Crippen LogP contribution in [0.5, 0.6) is 11.5 Å². The molecule has 1 aromatic rings. The third-order valence-corrected chi connectivity index (χ3v) is 3.24. The summed E-state index contributed by atoms with van der Waals surface area (Å²) in [6.45, 7) is 5.63. The number of hydrogen-bond donors (Lipinski definition) is 0. The van der Waals surface area contributed by atoms with E-state index in [0.29, 0.717) is 17.9 Å². The first-order valence-electron chi connectivity index (χ1n) is 5.98. The van der Waals surface area contributed by atoms with Gasteiger partial charge in [-0.15, -0.1) is 0 Å². The van der Waals surface area contributed by atoms with Gasteiger partial charge in [-0.3, -0.25) is 9.59 Å². The SMILES string of the molecule is CCC(C)(C)C(=O)Oc1ccc2c(c1)CC(=O)O2. The number of fused-ring (bicyclic) bond motifs is 1. The van der Waals surface area contributed by atoms with E-state index in [4.69, 9.17) is 9.47 Å². The highest BCUT2D eigenvalue weighted by Gasteiger charge is 2.28. The van der Waals surface area contributed by atoms with E-state index < -0.39 is 5.41 Å². The number of rotatable bonds is 3. The van der Waals surface area contributed by atoms with Gasteiger partial charge in [0.25, 0.3) is 0 Å². The molecular weight excluding hydrogens is 232 g/mol. The molecular formula is C14H16O4. The number of esters is 2. The van der Waals surface area contributed by atoms with Crippen molar-refractivity contribution in [2.45, 2.75) is 33.6 Å². The smallest absolute Gasteiger partial charge is 0.316 e. The highest BCUT2D eigenvalue weighted by atomic mass is 16.5. The van der Waals surface area contributed by atoms with Crippen molar-refractivity contribution < 1.29 is 19.1 Å². The second-order valence-corrected chi connectivity index (χ2v) is 5.05. The van der Waals surface area contributed by atoms with Crippen LogP contribution in [0.25, 0.3) is 0 Å². The van der Waals surface area contributed by atoms with Gasteiger partial charge < -0.3 is 9.47 Å². The molecule has 96 valence electrons. The molecule has 18 heavy (non-hydrogen) atoms. The molecule has 0 amide bonds. The average Bonchev–Trinajstić information content (AvgIpc) is 2.68. The van der Waals surface area contributed by atoms with Crippen LogP contribution >= 0.6 is 0 Å². The summed E-state index contributed by atoms with van der Waals surface area (Å²) in [5.41, 5.74) is 0.255. The van der Waals surface area contributed by atoms with Gasteiger partial charge in [-0.05, 0) is 38.5 Å². The monoisotopic (exact) mass is 248 g/mol. The maximum Gasteiger partial charge on any atom is 0.316 e. The van der Waals surface area contributed by atoms with Crippen LogP contribution in [0.1, 0.15) is 32.8 Å². The minimum absolute atomic E-state index is 0.234. The summed E-state index contributed by atoms with van der Waals surface area (Å²) >= 11 is 0. The summed E-state index contributed by atoms with van der Waals surface area (Å²) in [6, 6.07) is 4.98. The quantitative estimate of drug-likeness (QED) is 0.609. The minimum Gasteiger partial charge on any atom is -0.426 e. The zero-order valence-corrected chi connectivity index (χ0v) is 10.8. The van der Waals surface area contributed by atoms with Gasteiger partial charge in [0.1, 0.15) is 11.5 Å². The largest absolute Gasteiger partial charge is 0.426 e. The molecule has 2 rings (SSSR count). The highest BCUT2D eigenvalue weighted by Crippen LogP contribution is 2.31. The Morgan fingerprint density at radius 2 is 2.17 bits per heavy atom. The third-order valence-electron chi connectivity index (χ3n) is 3.24. The average molecular weight is 248 g/mol. The van der Waals surface area contributed by atoms with Crippen LogP contribution in [0.15, 0.2) is 18.2 Å². The molecule has 0 saturated heterocycles. The summed E-state index contributed by atoms with van der Waals surface area (Å²) in [6.07, 6.45) is 0.941. The molecule has 0 spiro atoms. The topological polar surface area (TPSA) is 52.6 Å². The van der Waals surface area contributed by atoms with E-state index in [1.165, 1.54) is 0 Å². The van der Waals surface area contributed by atoms with Crippen molar-refractivity contribution in [2.75, 3.05) is 0 Å². The molecule has 0 unspecified atom stereocenters. The maximum absolute atomic E-state index is 11.9. The number of carbonyl (C=O) groups is 2. The van der Waals surface area contributed by atoms with Crippen LogP contribution in [0.4, 0.5) is 0 Å². The molecule has 1 aliphatic heterocycles. The van der Waals surface area contributed by atoms with Gasteiger partial charge in [-0.2, -0.15) is 0 Å². The van der Waals surface area contributed by atoms with Crippen molar-refractivity contribution in [3.63, 3.8) is 0 Å². The molecule has 1 heterocycles. The summed E-state index contributed by atoms with van der Waals surface area (Å²) in [5.74, 6) is 0.464. The van der Waals surface area contributed by atoms with E-state index in [2.05, 4.69) is 0 Å². The number of benzene rings is 1. The number of carbonyl (C=O) groups excluding carboxylic acids is 2. The van der Waals surface area contributed by atoms with Crippen LogP contribution in [-0.2, 0) is 16.0 Å². The number of hydrogen-bond acceptors (Lipinski definition) is 4.